The van der Waals surface area contributed by atoms with Crippen molar-refractivity contribution in [2.24, 2.45) is 0 Å². The number of methoxy groups -OCH3 is 1. The number of aryl methyl sites for hydroxylation is 2. The van der Waals surface area contributed by atoms with Crippen molar-refractivity contribution in [1.82, 2.24) is 85.6 Å². The van der Waals surface area contributed by atoms with Crippen LogP contribution < -0.4 is 30.7 Å². The number of nitrogens with one attached hydrogen (secondary N) is 12. The average molecular weight is 1450 g/mol. The number of likely N-dealkylation sites (tertiary alicyclic amines) is 1. The summed E-state index contributed by atoms with van der Waals surface area (Å²) in [4.78, 5) is 83.8. The second kappa shape index (κ2) is 32.6. The lowest BCUT2D eigenvalue weighted by Gasteiger charge is -2.15. The van der Waals surface area contributed by atoms with Gasteiger partial charge in [-0.05, 0) is 165 Å². The number of fused-ring (bicyclic) bond motifs is 4. The van der Waals surface area contributed by atoms with E-state index in [1.54, 1.807) is 55.9 Å². The molecule has 0 atom stereocenters. The molecular formula is C78H68F3N21O6. The highest BCUT2D eigenvalue weighted by Crippen LogP contribution is 2.32. The highest BCUT2D eigenvalue weighted by atomic mass is 19.3. The zero-order valence-electron chi connectivity index (χ0n) is 57.8. The summed E-state index contributed by atoms with van der Waals surface area (Å²) in [5.41, 5.74) is 16.3. The number of rotatable bonds is 19. The number of aromatic amines is 8. The van der Waals surface area contributed by atoms with Gasteiger partial charge < -0.3 is 50.7 Å². The SMILES string of the molecule is COc1ccc(C(=O)Nc2cn[nH]c2-c2nc3ccccc3[nH]2)c(C)c1.O=C(Nc1cn[nH]c1-c1nc2ccccc2[nH]1)c1ccc(CCF)cc1.O=C(Nc1cn[nH]c1-c1nc2ccccc2[nH]1)c1ccc(OC(F)F)cc1.O=C(Nc1cn[nH]c1-c1nc2ccccc2[nH]1)c1cccc(CN2CCCC2)c1. The summed E-state index contributed by atoms with van der Waals surface area (Å²) in [5, 5.41) is 39.0. The van der Waals surface area contributed by atoms with Gasteiger partial charge in [0.05, 0.1) is 105 Å². The Balaban J connectivity index is 0.000000121. The number of para-hydroxylation sites is 8. The lowest BCUT2D eigenvalue weighted by atomic mass is 10.1. The molecule has 1 aliphatic rings. The van der Waals surface area contributed by atoms with Gasteiger partial charge in [-0.2, -0.15) is 29.2 Å². The number of ether oxygens (including phenoxy) is 2. The van der Waals surface area contributed by atoms with Crippen LogP contribution in [0.15, 0.2) is 213 Å². The number of nitrogens with zero attached hydrogens (tertiary/aromatic N) is 9. The van der Waals surface area contributed by atoms with Crippen LogP contribution in [0.2, 0.25) is 0 Å². The van der Waals surface area contributed by atoms with Gasteiger partial charge in [0, 0.05) is 35.2 Å². The fourth-order valence-corrected chi connectivity index (χ4v) is 12.1. The Morgan fingerprint density at radius 2 is 0.833 bits per heavy atom. The normalized spacial score (nSPS) is 11.9. The second-order valence-electron chi connectivity index (χ2n) is 24.8. The molecule has 108 heavy (non-hydrogen) atoms. The molecule has 4 amide bonds. The summed E-state index contributed by atoms with van der Waals surface area (Å²) < 4.78 is 46.2. The number of halogens is 3. The fourth-order valence-electron chi connectivity index (χ4n) is 12.1. The van der Waals surface area contributed by atoms with Crippen LogP contribution in [-0.4, -0.2) is 143 Å². The summed E-state index contributed by atoms with van der Waals surface area (Å²) in [6.45, 7) is 1.69. The predicted octanol–water partition coefficient (Wildman–Crippen LogP) is 14.8. The Kier molecular flexibility index (Phi) is 21.3. The van der Waals surface area contributed by atoms with E-state index in [4.69, 9.17) is 4.74 Å². The standard InChI is InChI=1S/C22H22N6O.C19H16FN5O.C19H17N5O2.C18H13F2N5O2/c29-22(16-7-5-6-15(12-16)14-28-10-3-4-11-28)26-19-13-23-27-20(19)21-24-17-8-1-2-9-18(17)25-21;20-10-9-12-5-7-13(8-6-12)19(26)24-16-11-21-25-17(16)18-22-14-3-1-2-4-15(14)23-18;1-11-9-12(26-2)7-8-13(11)19(25)23-16-10-20-24-17(16)18-21-14-5-3-4-6-15(14)22-18;19-18(20)27-11-7-5-10(6-8-11)17(26)24-14-9-21-25-15(14)16-22-12-3-1-2-4-13(12)23-16/h1-2,5-9,12-13H,3-4,10-11,14H2,(H,23,27)(H,24,25)(H,26,29);1-8,11H,9-10H2,(H,21,25)(H,22,23)(H,24,26);3-10H,1-2H3,(H,20,24)(H,21,22)(H,23,25);1-9,18H,(H,21,25)(H,22,23)(H,24,26). The minimum atomic E-state index is -2.91. The smallest absolute Gasteiger partial charge is 0.387 e. The zero-order valence-corrected chi connectivity index (χ0v) is 57.8. The Bertz CT molecular complexity index is 5680. The molecule has 0 unspecified atom stereocenters. The first-order valence-electron chi connectivity index (χ1n) is 34.1. The van der Waals surface area contributed by atoms with E-state index in [2.05, 4.69) is 118 Å². The maximum atomic E-state index is 12.9. The van der Waals surface area contributed by atoms with E-state index in [-0.39, 0.29) is 29.0 Å². The van der Waals surface area contributed by atoms with Gasteiger partial charge in [0.1, 0.15) is 34.3 Å². The lowest BCUT2D eigenvalue weighted by molar-refractivity contribution is -0.0498. The van der Waals surface area contributed by atoms with Gasteiger partial charge in [-0.25, -0.2) is 19.9 Å². The van der Waals surface area contributed by atoms with E-state index < -0.39 is 19.2 Å². The monoisotopic (exact) mass is 1450 g/mol. The summed E-state index contributed by atoms with van der Waals surface area (Å²) in [7, 11) is 1.60. The van der Waals surface area contributed by atoms with Crippen LogP contribution in [0, 0.1) is 6.92 Å². The molecule has 0 bridgehead atoms. The summed E-state index contributed by atoms with van der Waals surface area (Å²) in [5.74, 6) is 2.01. The van der Waals surface area contributed by atoms with Gasteiger partial charge in [0.2, 0.25) is 0 Å². The van der Waals surface area contributed by atoms with E-state index in [1.165, 1.54) is 49.5 Å². The first-order valence-corrected chi connectivity index (χ1v) is 34.1. The van der Waals surface area contributed by atoms with E-state index in [1.807, 2.05) is 128 Å². The van der Waals surface area contributed by atoms with Crippen molar-refractivity contribution in [1.29, 1.82) is 0 Å². The van der Waals surface area contributed by atoms with E-state index in [0.29, 0.717) is 97.7 Å². The largest absolute Gasteiger partial charge is 0.497 e. The zero-order chi connectivity index (χ0) is 74.5. The fraction of sp³-hybridized carbons (Fsp3) is 0.128. The molecular weight excluding hydrogens is 1380 g/mol. The van der Waals surface area contributed by atoms with Gasteiger partial charge in [0.15, 0.2) is 23.3 Å². The van der Waals surface area contributed by atoms with Crippen molar-refractivity contribution < 1.29 is 41.8 Å². The maximum absolute atomic E-state index is 12.9. The number of hydrogen-bond acceptors (Lipinski definition) is 15. The van der Waals surface area contributed by atoms with Crippen molar-refractivity contribution in [3.63, 3.8) is 0 Å². The van der Waals surface area contributed by atoms with E-state index in [0.717, 1.165) is 80.5 Å². The van der Waals surface area contributed by atoms with Crippen molar-refractivity contribution in [3.05, 3.63) is 252 Å². The molecule has 8 aromatic heterocycles. The molecule has 0 spiro atoms. The van der Waals surface area contributed by atoms with Crippen LogP contribution in [0.25, 0.3) is 90.2 Å². The molecule has 1 saturated heterocycles. The van der Waals surface area contributed by atoms with Crippen molar-refractivity contribution in [3.8, 4) is 57.6 Å². The number of benzene rings is 8. The topological polar surface area (TPSA) is 368 Å². The third-order valence-corrected chi connectivity index (χ3v) is 17.5. The first-order chi connectivity index (χ1) is 52.8. The molecule has 16 aromatic rings. The van der Waals surface area contributed by atoms with E-state index >= 15 is 0 Å². The number of alkyl halides is 3. The Labute approximate surface area is 612 Å². The number of imidazole rings is 4. The minimum Gasteiger partial charge on any atom is -0.497 e. The number of anilines is 4. The van der Waals surface area contributed by atoms with Gasteiger partial charge in [-0.1, -0.05) is 72.8 Å². The van der Waals surface area contributed by atoms with Crippen LogP contribution in [-0.2, 0) is 13.0 Å². The molecule has 542 valence electrons. The van der Waals surface area contributed by atoms with Crippen molar-refractivity contribution in [2.75, 3.05) is 48.1 Å². The summed E-state index contributed by atoms with van der Waals surface area (Å²) in [6, 6.07) is 56.1. The predicted molar refractivity (Wildman–Crippen MR) is 404 cm³/mol. The van der Waals surface area contributed by atoms with Crippen LogP contribution >= 0.6 is 0 Å². The third kappa shape index (κ3) is 16.7. The molecule has 30 heteroatoms. The molecule has 8 aromatic carbocycles. The highest BCUT2D eigenvalue weighted by molar-refractivity contribution is 6.09. The maximum Gasteiger partial charge on any atom is 0.387 e. The summed E-state index contributed by atoms with van der Waals surface area (Å²) in [6.07, 6.45) is 9.04. The van der Waals surface area contributed by atoms with Crippen LogP contribution in [0.4, 0.5) is 35.9 Å². The molecule has 1 fully saturated rings. The van der Waals surface area contributed by atoms with Crippen LogP contribution in [0.1, 0.15) is 71.0 Å². The first kappa shape index (κ1) is 70.7. The quantitative estimate of drug-likeness (QED) is 0.0358. The number of carbonyl (C=O) groups is 4. The molecule has 9 heterocycles. The van der Waals surface area contributed by atoms with Crippen molar-refractivity contribution >= 4 is 90.5 Å². The molecule has 1 aliphatic heterocycles. The Morgan fingerprint density at radius 3 is 1.22 bits per heavy atom. The van der Waals surface area contributed by atoms with Gasteiger partial charge in [-0.15, -0.1) is 0 Å². The number of aromatic nitrogens is 16. The van der Waals surface area contributed by atoms with Gasteiger partial charge >= 0.3 is 6.61 Å². The molecule has 12 N–H and O–H groups in total. The van der Waals surface area contributed by atoms with Crippen molar-refractivity contribution in [2.45, 2.75) is 39.3 Å². The Hall–Kier alpha value is -14.3. The second-order valence-corrected chi connectivity index (χ2v) is 24.8. The van der Waals surface area contributed by atoms with Gasteiger partial charge in [0.25, 0.3) is 23.6 Å². The van der Waals surface area contributed by atoms with Crippen LogP contribution in [0.5, 0.6) is 11.5 Å². The minimum absolute atomic E-state index is 0.0205. The summed E-state index contributed by atoms with van der Waals surface area (Å²) >= 11 is 0. The molecule has 27 nitrogen and oxygen atoms in total. The number of carbonyl (C=O) groups excluding carboxylic acids is 4. The molecule has 0 aliphatic carbocycles. The molecule has 0 radical (unpaired) electrons. The Morgan fingerprint density at radius 1 is 0.444 bits per heavy atom. The number of hydrogen-bond donors (Lipinski definition) is 12. The average Bonchev–Trinajstić information content (AvgIpc) is 1.65. The third-order valence-electron chi connectivity index (χ3n) is 17.5. The van der Waals surface area contributed by atoms with Gasteiger partial charge in [-0.3, -0.25) is 48.9 Å². The van der Waals surface area contributed by atoms with E-state index in [9.17, 15) is 32.3 Å². The lowest BCUT2D eigenvalue weighted by Crippen LogP contribution is -2.19. The number of H-pyrrole nitrogens is 8. The molecule has 17 rings (SSSR count). The molecule has 0 saturated carbocycles. The highest BCUT2D eigenvalue weighted by Gasteiger charge is 2.22. The number of amides is 4. The van der Waals surface area contributed by atoms with Crippen LogP contribution in [0.3, 0.4) is 0 Å².